The number of rotatable bonds is 4. The molecule has 1 rings (SSSR count). The first-order chi connectivity index (χ1) is 6.83. The summed E-state index contributed by atoms with van der Waals surface area (Å²) >= 11 is 5.81. The molecule has 1 atom stereocenters. The van der Waals surface area contributed by atoms with Gasteiger partial charge < -0.3 is 9.79 Å². The molecule has 3 N–H and O–H groups in total. The van der Waals surface area contributed by atoms with Gasteiger partial charge in [-0.05, 0) is 24.0 Å². The Morgan fingerprint density at radius 2 is 2.27 bits per heavy atom. The summed E-state index contributed by atoms with van der Waals surface area (Å²) in [7, 11) is 0. The first kappa shape index (κ1) is 13.2. The Hall–Kier alpha value is 0.0900. The third-order valence-electron chi connectivity index (χ3n) is 1.36. The Labute approximate surface area is 97.9 Å². The van der Waals surface area contributed by atoms with Crippen molar-refractivity contribution < 1.29 is 14.3 Å². The summed E-state index contributed by atoms with van der Waals surface area (Å²) in [6.07, 6.45) is 4.86. The van der Waals surface area contributed by atoms with Gasteiger partial charge in [-0.2, -0.15) is 5.10 Å². The van der Waals surface area contributed by atoms with Crippen molar-refractivity contribution in [2.75, 3.05) is 0 Å². The maximum atomic E-state index is 9.17. The number of nitrogens with zero attached hydrogens (tertiary/aromatic N) is 1. The van der Waals surface area contributed by atoms with Crippen LogP contribution in [0.3, 0.4) is 0 Å². The van der Waals surface area contributed by atoms with Crippen LogP contribution in [-0.4, -0.2) is 26.3 Å². The lowest BCUT2D eigenvalue weighted by Gasteiger charge is -2.33. The number of allylic oxidation sites excluding steroid dienone is 1. The molecule has 0 saturated carbocycles. The monoisotopic (exact) mass is 268 g/mol. The van der Waals surface area contributed by atoms with Crippen molar-refractivity contribution in [3.8, 4) is 0 Å². The average Bonchev–Trinajstić information content (AvgIpc) is 1.99. The van der Waals surface area contributed by atoms with Crippen molar-refractivity contribution >= 4 is 36.5 Å². The lowest BCUT2D eigenvalue weighted by molar-refractivity contribution is 0.147. The van der Waals surface area contributed by atoms with E-state index < -0.39 is 11.8 Å². The van der Waals surface area contributed by atoms with Crippen LogP contribution >= 0.6 is 18.5 Å². The lowest BCUT2D eigenvalue weighted by atomic mass is 10.4. The van der Waals surface area contributed by atoms with E-state index in [2.05, 4.69) is 22.3 Å². The fourth-order valence-electron chi connectivity index (χ4n) is 1.04. The zero-order valence-electron chi connectivity index (χ0n) is 8.32. The number of hydrogen-bond acceptors (Lipinski definition) is 5. The first-order valence-corrected chi connectivity index (χ1v) is 7.76. The number of thioether (sulfide) groups is 1. The van der Waals surface area contributed by atoms with Gasteiger partial charge >= 0.3 is 6.72 Å². The predicted molar refractivity (Wildman–Crippen MR) is 66.0 cm³/mol. The van der Waals surface area contributed by atoms with Crippen molar-refractivity contribution in [2.24, 2.45) is 5.10 Å². The minimum absolute atomic E-state index is 0.219. The molecule has 0 amide bonds. The van der Waals surface area contributed by atoms with E-state index in [0.29, 0.717) is 0 Å². The summed E-state index contributed by atoms with van der Waals surface area (Å²) in [5.74, 6) is 0. The Morgan fingerprint density at radius 1 is 1.60 bits per heavy atom. The molecular weight excluding hydrogens is 255 g/mol. The fraction of sp³-hybridized carbons (Fsp3) is 0.571. The van der Waals surface area contributed by atoms with Gasteiger partial charge in [0, 0.05) is 11.5 Å². The van der Waals surface area contributed by atoms with Crippen molar-refractivity contribution in [3.05, 3.63) is 12.2 Å². The van der Waals surface area contributed by atoms with Gasteiger partial charge in [0.05, 0.1) is 0 Å². The second-order valence-corrected chi connectivity index (χ2v) is 7.54. The van der Waals surface area contributed by atoms with Gasteiger partial charge in [-0.1, -0.05) is 25.6 Å². The van der Waals surface area contributed by atoms with E-state index in [1.807, 2.05) is 13.8 Å². The van der Waals surface area contributed by atoms with Gasteiger partial charge in [0.1, 0.15) is 0 Å². The van der Waals surface area contributed by atoms with Crippen LogP contribution < -0.4 is 5.43 Å². The van der Waals surface area contributed by atoms with E-state index in [1.54, 1.807) is 18.4 Å². The third-order valence-corrected chi connectivity index (χ3v) is 3.37. The molecule has 8 heteroatoms. The van der Waals surface area contributed by atoms with Crippen molar-refractivity contribution in [2.45, 2.75) is 24.2 Å². The largest absolute Gasteiger partial charge is 0.325 e. The summed E-state index contributed by atoms with van der Waals surface area (Å²) in [5, 5.41) is 2.95. The van der Waals surface area contributed by atoms with Gasteiger partial charge in [-0.3, -0.25) is 9.95 Å². The van der Waals surface area contributed by atoms with Gasteiger partial charge in [-0.25, -0.2) is 0 Å². The van der Waals surface area contributed by atoms with Crippen LogP contribution in [0.15, 0.2) is 17.3 Å². The second kappa shape index (κ2) is 4.95. The predicted octanol–water partition coefficient (Wildman–Crippen LogP) is 1.15. The highest BCUT2D eigenvalue weighted by molar-refractivity contribution is 8.07. The van der Waals surface area contributed by atoms with Crippen LogP contribution in [-0.2, 0) is 16.3 Å². The highest BCUT2D eigenvalue weighted by atomic mass is 32.5. The van der Waals surface area contributed by atoms with E-state index in [4.69, 9.17) is 14.3 Å². The fourth-order valence-corrected chi connectivity index (χ4v) is 3.44. The molecule has 0 aromatic heterocycles. The van der Waals surface area contributed by atoms with E-state index >= 15 is 0 Å². The zero-order chi connectivity index (χ0) is 11.5. The van der Waals surface area contributed by atoms with Crippen LogP contribution in [0.5, 0.6) is 0 Å². The molecule has 0 bridgehead atoms. The van der Waals surface area contributed by atoms with Crippen LogP contribution in [0.1, 0.15) is 13.8 Å². The van der Waals surface area contributed by atoms with Gasteiger partial charge in [-0.15, -0.1) is 0 Å². The third kappa shape index (κ3) is 4.63. The number of hydrazone groups is 1. The standard InChI is InChI=1S/C7H13N2O3PS2/c1-6(2)15-7(12-13(10,11)14)4-3-5-8-9-7/h3-6,9H,1-2H3,(H2,10,11,14). The molecule has 1 aliphatic heterocycles. The SMILES string of the molecule is CC(C)SC1(OP(O)(O)=S)C=CC=NN1. The van der Waals surface area contributed by atoms with Gasteiger partial charge in [0.25, 0.3) is 0 Å². The summed E-state index contributed by atoms with van der Waals surface area (Å²) in [6, 6.07) is 0. The number of hydrogen-bond donors (Lipinski definition) is 3. The summed E-state index contributed by atoms with van der Waals surface area (Å²) in [6.45, 7) is 0.189. The van der Waals surface area contributed by atoms with Crippen LogP contribution in [0.25, 0.3) is 0 Å². The smallest absolute Gasteiger partial charge is 0.324 e. The van der Waals surface area contributed by atoms with Crippen LogP contribution in [0.4, 0.5) is 0 Å². The van der Waals surface area contributed by atoms with Gasteiger partial charge in [0.15, 0.2) is 0 Å². The molecule has 0 fully saturated rings. The molecule has 0 saturated heterocycles. The molecular formula is C7H13N2O3PS2. The quantitative estimate of drug-likeness (QED) is 0.525. The summed E-state index contributed by atoms with van der Waals surface area (Å²) in [4.78, 5) is 18.3. The molecule has 1 aliphatic rings. The maximum Gasteiger partial charge on any atom is 0.325 e. The zero-order valence-corrected chi connectivity index (χ0v) is 10.9. The number of nitrogens with one attached hydrogen (secondary N) is 1. The normalized spacial score (nSPS) is 25.7. The maximum absolute atomic E-state index is 9.17. The minimum atomic E-state index is -3.73. The van der Waals surface area contributed by atoms with Gasteiger partial charge in [0.2, 0.25) is 5.06 Å². The van der Waals surface area contributed by atoms with Crippen LogP contribution in [0, 0.1) is 0 Å². The highest BCUT2D eigenvalue weighted by Gasteiger charge is 2.35. The molecule has 1 heterocycles. The molecule has 0 spiro atoms. The minimum Gasteiger partial charge on any atom is -0.324 e. The van der Waals surface area contributed by atoms with Crippen molar-refractivity contribution in [1.29, 1.82) is 0 Å². The highest BCUT2D eigenvalue weighted by Crippen LogP contribution is 2.46. The Bertz CT molecular complexity index is 328. The molecule has 0 aromatic carbocycles. The van der Waals surface area contributed by atoms with E-state index in [-0.39, 0.29) is 5.25 Å². The van der Waals surface area contributed by atoms with E-state index in [1.165, 1.54) is 11.8 Å². The van der Waals surface area contributed by atoms with Crippen molar-refractivity contribution in [3.63, 3.8) is 0 Å². The summed E-state index contributed by atoms with van der Waals surface area (Å²) < 4.78 is 5.07. The Balaban J connectivity index is 2.82. The molecule has 15 heavy (non-hydrogen) atoms. The first-order valence-electron chi connectivity index (χ1n) is 4.25. The molecule has 0 radical (unpaired) electrons. The Morgan fingerprint density at radius 3 is 2.67 bits per heavy atom. The lowest BCUT2D eigenvalue weighted by Crippen LogP contribution is -2.41. The van der Waals surface area contributed by atoms with E-state index in [0.717, 1.165) is 0 Å². The Kier molecular flexibility index (Phi) is 4.34. The molecule has 86 valence electrons. The van der Waals surface area contributed by atoms with E-state index in [9.17, 15) is 0 Å². The molecule has 1 unspecified atom stereocenters. The summed E-state index contributed by atoms with van der Waals surface area (Å²) in [5.41, 5.74) is 2.68. The van der Waals surface area contributed by atoms with Crippen molar-refractivity contribution in [1.82, 2.24) is 5.43 Å². The molecule has 5 nitrogen and oxygen atoms in total. The average molecular weight is 268 g/mol. The topological polar surface area (TPSA) is 74.1 Å². The molecule has 0 aliphatic carbocycles. The molecule has 0 aromatic rings. The second-order valence-electron chi connectivity index (χ2n) is 3.17. The van der Waals surface area contributed by atoms with Crippen LogP contribution in [0.2, 0.25) is 0 Å².